The van der Waals surface area contributed by atoms with Crippen LogP contribution in [0.2, 0.25) is 0 Å². The summed E-state index contributed by atoms with van der Waals surface area (Å²) in [5.74, 6) is 0. The van der Waals surface area contributed by atoms with E-state index in [9.17, 15) is 0 Å². The Morgan fingerprint density at radius 1 is 0.290 bits per heavy atom. The minimum absolute atomic E-state index is 0.535. The van der Waals surface area contributed by atoms with E-state index in [1.54, 1.807) is 6.16 Å². The topological polar surface area (TPSA) is 0 Å². The molecule has 0 saturated carbocycles. The van der Waals surface area contributed by atoms with Gasteiger partial charge >= 0.3 is 0 Å². The zero-order valence-electron chi connectivity index (χ0n) is 22.8. The van der Waals surface area contributed by atoms with Crippen LogP contribution in [-0.2, 0) is 0 Å². The lowest BCUT2D eigenvalue weighted by molar-refractivity contribution is 0.520. The molecule has 0 nitrogen and oxygen atoms in total. The maximum atomic E-state index is 2.44. The molecule has 0 aromatic heterocycles. The summed E-state index contributed by atoms with van der Waals surface area (Å²) in [4.78, 5) is 0. The van der Waals surface area contributed by atoms with Gasteiger partial charge in [0.05, 0.1) is 24.6 Å². The highest BCUT2D eigenvalue weighted by atomic mass is 31.2. The van der Waals surface area contributed by atoms with Gasteiger partial charge in [0.1, 0.15) is 0 Å². The average molecular weight is 456 g/mol. The van der Waals surface area contributed by atoms with Crippen LogP contribution in [0.3, 0.4) is 0 Å². The minimum atomic E-state index is -0.535. The van der Waals surface area contributed by atoms with E-state index in [0.29, 0.717) is 0 Å². The van der Waals surface area contributed by atoms with Gasteiger partial charge in [0.15, 0.2) is 0 Å². The average Bonchev–Trinajstić information content (AvgIpc) is 2.80. The first kappa shape index (κ1) is 31.4. The summed E-state index contributed by atoms with van der Waals surface area (Å²) in [5, 5.41) is 0. The molecule has 0 atom stereocenters. The molecular weight excluding hydrogens is 391 g/mol. The Balaban J connectivity index is 3.16. The number of unbranched alkanes of at least 4 members (excludes halogenated alkanes) is 21. The Kier molecular flexibility index (Phi) is 25.4. The molecule has 1 heteroatoms. The SMILES string of the molecule is CCCCCCCCCCCCCCCCCCCCCCCC[P+](CC)(CC)CC. The van der Waals surface area contributed by atoms with Crippen molar-refractivity contribution in [3.63, 3.8) is 0 Å². The fourth-order valence-electron chi connectivity index (χ4n) is 5.20. The van der Waals surface area contributed by atoms with Crippen molar-refractivity contribution in [2.24, 2.45) is 0 Å². The van der Waals surface area contributed by atoms with E-state index in [1.165, 1.54) is 160 Å². The maximum Gasteiger partial charge on any atom is 0.0594 e. The molecule has 0 aliphatic rings. The third-order valence-electron chi connectivity index (χ3n) is 8.00. The van der Waals surface area contributed by atoms with Crippen molar-refractivity contribution in [1.82, 2.24) is 0 Å². The molecule has 0 aliphatic heterocycles. The summed E-state index contributed by atoms with van der Waals surface area (Å²) in [6.45, 7) is 9.64. The van der Waals surface area contributed by atoms with Gasteiger partial charge in [0, 0.05) is 7.26 Å². The Morgan fingerprint density at radius 2 is 0.516 bits per heavy atom. The first-order valence-electron chi connectivity index (χ1n) is 15.1. The zero-order valence-corrected chi connectivity index (χ0v) is 23.7. The molecule has 0 unspecified atom stereocenters. The molecule has 0 aromatic rings. The van der Waals surface area contributed by atoms with Gasteiger partial charge in [-0.2, -0.15) is 0 Å². The van der Waals surface area contributed by atoms with Crippen molar-refractivity contribution in [2.45, 2.75) is 169 Å². The first-order chi connectivity index (χ1) is 15.2. The van der Waals surface area contributed by atoms with Gasteiger partial charge in [-0.1, -0.05) is 135 Å². The number of hydrogen-bond donors (Lipinski definition) is 0. The fourth-order valence-corrected chi connectivity index (χ4v) is 8.39. The van der Waals surface area contributed by atoms with Gasteiger partial charge in [-0.25, -0.2) is 0 Å². The lowest BCUT2D eigenvalue weighted by atomic mass is 10.0. The van der Waals surface area contributed by atoms with E-state index < -0.39 is 7.26 Å². The fraction of sp³-hybridized carbons (Fsp3) is 1.00. The minimum Gasteiger partial charge on any atom is -0.0654 e. The molecule has 0 N–H and O–H groups in total. The quantitative estimate of drug-likeness (QED) is 0.0898. The zero-order chi connectivity index (χ0) is 22.9. The second-order valence-corrected chi connectivity index (χ2v) is 15.5. The third-order valence-corrected chi connectivity index (χ3v) is 13.3. The van der Waals surface area contributed by atoms with Crippen molar-refractivity contribution >= 4 is 7.26 Å². The Bertz CT molecular complexity index is 312. The molecule has 31 heavy (non-hydrogen) atoms. The molecule has 0 saturated heterocycles. The van der Waals surface area contributed by atoms with Gasteiger partial charge in [0.2, 0.25) is 0 Å². The lowest BCUT2D eigenvalue weighted by Crippen LogP contribution is -2.07. The summed E-state index contributed by atoms with van der Waals surface area (Å²) in [6, 6.07) is 0. The summed E-state index contributed by atoms with van der Waals surface area (Å²) in [7, 11) is -0.535. The van der Waals surface area contributed by atoms with Crippen LogP contribution in [0, 0.1) is 0 Å². The van der Waals surface area contributed by atoms with E-state index in [1.807, 2.05) is 0 Å². The smallest absolute Gasteiger partial charge is 0.0594 e. The monoisotopic (exact) mass is 455 g/mol. The van der Waals surface area contributed by atoms with Gasteiger partial charge in [-0.3, -0.25) is 0 Å². The molecule has 0 fully saturated rings. The normalized spacial score (nSPS) is 12.0. The van der Waals surface area contributed by atoms with E-state index in [2.05, 4.69) is 27.7 Å². The van der Waals surface area contributed by atoms with Gasteiger partial charge in [0.25, 0.3) is 0 Å². The van der Waals surface area contributed by atoms with Crippen LogP contribution in [0.25, 0.3) is 0 Å². The Morgan fingerprint density at radius 3 is 0.742 bits per heavy atom. The van der Waals surface area contributed by atoms with Crippen molar-refractivity contribution in [2.75, 3.05) is 24.6 Å². The molecule has 0 bridgehead atoms. The van der Waals surface area contributed by atoms with E-state index in [4.69, 9.17) is 0 Å². The van der Waals surface area contributed by atoms with E-state index in [-0.39, 0.29) is 0 Å². The Labute approximate surface area is 200 Å². The molecule has 0 radical (unpaired) electrons. The standard InChI is InChI=1S/C30H64P/c1-5-9-10-11-12-13-14-15-16-17-18-19-20-21-22-23-24-25-26-27-28-29-30-31(6-2,7-3)8-4/h5-30H2,1-4H3/q+1. The maximum absolute atomic E-state index is 2.44. The van der Waals surface area contributed by atoms with Gasteiger partial charge < -0.3 is 0 Å². The van der Waals surface area contributed by atoms with E-state index >= 15 is 0 Å². The van der Waals surface area contributed by atoms with Crippen LogP contribution in [-0.4, -0.2) is 24.6 Å². The summed E-state index contributed by atoms with van der Waals surface area (Å²) < 4.78 is 0. The summed E-state index contributed by atoms with van der Waals surface area (Å²) in [6.07, 6.45) is 38.7. The molecular formula is C30H64P+. The highest BCUT2D eigenvalue weighted by Gasteiger charge is 2.29. The predicted octanol–water partition coefficient (Wildman–Crippen LogP) is 11.7. The Hall–Kier alpha value is 0.430. The highest BCUT2D eigenvalue weighted by molar-refractivity contribution is 7.75. The van der Waals surface area contributed by atoms with Crippen molar-refractivity contribution in [3.8, 4) is 0 Å². The number of hydrogen-bond acceptors (Lipinski definition) is 0. The summed E-state index contributed by atoms with van der Waals surface area (Å²) >= 11 is 0. The molecule has 0 aliphatic carbocycles. The molecule has 0 amide bonds. The largest absolute Gasteiger partial charge is 0.0654 e. The highest BCUT2D eigenvalue weighted by Crippen LogP contribution is 2.58. The van der Waals surface area contributed by atoms with Crippen LogP contribution in [0.4, 0.5) is 0 Å². The molecule has 0 spiro atoms. The van der Waals surface area contributed by atoms with Crippen LogP contribution in [0.15, 0.2) is 0 Å². The van der Waals surface area contributed by atoms with Crippen molar-refractivity contribution in [1.29, 1.82) is 0 Å². The van der Waals surface area contributed by atoms with Gasteiger partial charge in [-0.15, -0.1) is 0 Å². The molecule has 0 heterocycles. The van der Waals surface area contributed by atoms with E-state index in [0.717, 1.165) is 0 Å². The van der Waals surface area contributed by atoms with Crippen LogP contribution in [0.1, 0.15) is 169 Å². The molecule has 0 aromatic carbocycles. The predicted molar refractivity (Wildman–Crippen MR) is 151 cm³/mol. The van der Waals surface area contributed by atoms with Gasteiger partial charge in [-0.05, 0) is 33.6 Å². The number of rotatable bonds is 26. The second-order valence-electron chi connectivity index (χ2n) is 10.4. The molecule has 188 valence electrons. The van der Waals surface area contributed by atoms with Crippen LogP contribution < -0.4 is 0 Å². The van der Waals surface area contributed by atoms with Crippen molar-refractivity contribution < 1.29 is 0 Å². The van der Waals surface area contributed by atoms with Crippen molar-refractivity contribution in [3.05, 3.63) is 0 Å². The van der Waals surface area contributed by atoms with Crippen LogP contribution in [0.5, 0.6) is 0 Å². The second kappa shape index (κ2) is 25.1. The van der Waals surface area contributed by atoms with Crippen LogP contribution >= 0.6 is 7.26 Å². The molecule has 0 rings (SSSR count). The lowest BCUT2D eigenvalue weighted by Gasteiger charge is -2.23. The summed E-state index contributed by atoms with van der Waals surface area (Å²) in [5.41, 5.74) is 0. The third kappa shape index (κ3) is 20.7. The first-order valence-corrected chi connectivity index (χ1v) is 17.6.